The molecule has 2 unspecified atom stereocenters. The number of carbonyl (C=O) groups is 3. The molecule has 0 heterocycles. The summed E-state index contributed by atoms with van der Waals surface area (Å²) in [6.45, 7) is -0.175. The normalized spacial score (nSPS) is 12.6. The highest BCUT2D eigenvalue weighted by Gasteiger charge is 2.27. The molecule has 0 aromatic heterocycles. The van der Waals surface area contributed by atoms with Crippen molar-refractivity contribution in [2.24, 2.45) is 0 Å². The molecule has 142 valence electrons. The second kappa shape index (κ2) is 10.1. The standard InChI is InChI=1S/C20H22N2O5/c1-27-13-17(20(25)26)22-19(24)16(12-14-8-4-2-5-9-14)21-18(23)15-10-6-3-7-11-15/h2-11,16-17H,12-13H2,1H3,(H,21,23)(H,22,24)(H,25,26). The summed E-state index contributed by atoms with van der Waals surface area (Å²) < 4.78 is 4.83. The Morgan fingerprint density at radius 2 is 1.52 bits per heavy atom. The van der Waals surface area contributed by atoms with Gasteiger partial charge in [0, 0.05) is 19.1 Å². The number of carbonyl (C=O) groups excluding carboxylic acids is 2. The summed E-state index contributed by atoms with van der Waals surface area (Å²) in [5, 5.41) is 14.3. The Morgan fingerprint density at radius 1 is 0.926 bits per heavy atom. The second-order valence-electron chi connectivity index (χ2n) is 5.94. The highest BCUT2D eigenvalue weighted by Crippen LogP contribution is 2.06. The Balaban J connectivity index is 2.16. The number of hydrogen-bond donors (Lipinski definition) is 3. The van der Waals surface area contributed by atoms with Gasteiger partial charge in [-0.1, -0.05) is 48.5 Å². The Bertz CT molecular complexity index is 764. The molecule has 0 radical (unpaired) electrons. The molecule has 2 aromatic carbocycles. The molecule has 7 heteroatoms. The van der Waals surface area contributed by atoms with Crippen LogP contribution in [0.5, 0.6) is 0 Å². The lowest BCUT2D eigenvalue weighted by Crippen LogP contribution is -2.53. The van der Waals surface area contributed by atoms with Crippen LogP contribution in [0.1, 0.15) is 15.9 Å². The quantitative estimate of drug-likeness (QED) is 0.616. The number of hydrogen-bond acceptors (Lipinski definition) is 4. The minimum absolute atomic E-state index is 0.175. The Labute approximate surface area is 157 Å². The van der Waals surface area contributed by atoms with Crippen molar-refractivity contribution >= 4 is 17.8 Å². The van der Waals surface area contributed by atoms with Crippen LogP contribution in [0.2, 0.25) is 0 Å². The smallest absolute Gasteiger partial charge is 0.328 e. The third kappa shape index (κ3) is 6.23. The lowest BCUT2D eigenvalue weighted by atomic mass is 10.0. The summed E-state index contributed by atoms with van der Waals surface area (Å²) in [4.78, 5) is 36.4. The van der Waals surface area contributed by atoms with E-state index >= 15 is 0 Å². The van der Waals surface area contributed by atoms with Gasteiger partial charge in [0.05, 0.1) is 6.61 Å². The molecule has 3 N–H and O–H groups in total. The van der Waals surface area contributed by atoms with Crippen LogP contribution in [0.3, 0.4) is 0 Å². The van der Waals surface area contributed by atoms with Gasteiger partial charge in [0.2, 0.25) is 5.91 Å². The SMILES string of the molecule is COCC(NC(=O)C(Cc1ccccc1)NC(=O)c1ccccc1)C(=O)O. The molecule has 2 amide bonds. The molecule has 27 heavy (non-hydrogen) atoms. The molecule has 2 rings (SSSR count). The van der Waals surface area contributed by atoms with Crippen LogP contribution in [-0.4, -0.2) is 48.7 Å². The summed E-state index contributed by atoms with van der Waals surface area (Å²) >= 11 is 0. The molecular formula is C20H22N2O5. The van der Waals surface area contributed by atoms with E-state index in [1.54, 1.807) is 30.3 Å². The molecule has 0 aliphatic carbocycles. The van der Waals surface area contributed by atoms with Gasteiger partial charge >= 0.3 is 5.97 Å². The van der Waals surface area contributed by atoms with E-state index in [-0.39, 0.29) is 13.0 Å². The largest absolute Gasteiger partial charge is 0.480 e. The van der Waals surface area contributed by atoms with Crippen LogP contribution in [0.15, 0.2) is 60.7 Å². The van der Waals surface area contributed by atoms with Gasteiger partial charge in [-0.3, -0.25) is 9.59 Å². The van der Waals surface area contributed by atoms with Gasteiger partial charge in [0.15, 0.2) is 6.04 Å². The van der Waals surface area contributed by atoms with Crippen molar-refractivity contribution < 1.29 is 24.2 Å². The maximum atomic E-state index is 12.7. The fourth-order valence-corrected chi connectivity index (χ4v) is 2.50. The first kappa shape index (κ1) is 20.1. The van der Waals surface area contributed by atoms with E-state index in [4.69, 9.17) is 4.74 Å². The fraction of sp³-hybridized carbons (Fsp3) is 0.250. The lowest BCUT2D eigenvalue weighted by Gasteiger charge is -2.21. The maximum Gasteiger partial charge on any atom is 0.328 e. The Kier molecular flexibility index (Phi) is 7.51. The second-order valence-corrected chi connectivity index (χ2v) is 5.94. The molecule has 0 spiro atoms. The van der Waals surface area contributed by atoms with E-state index in [9.17, 15) is 19.5 Å². The third-order valence-electron chi connectivity index (χ3n) is 3.89. The molecule has 0 bridgehead atoms. The van der Waals surface area contributed by atoms with Crippen LogP contribution in [0, 0.1) is 0 Å². The molecule has 0 fully saturated rings. The van der Waals surface area contributed by atoms with Crippen molar-refractivity contribution in [1.29, 1.82) is 0 Å². The van der Waals surface area contributed by atoms with Gasteiger partial charge in [-0.2, -0.15) is 0 Å². The topological polar surface area (TPSA) is 105 Å². The predicted molar refractivity (Wildman–Crippen MR) is 99.3 cm³/mol. The molecule has 0 aliphatic rings. The zero-order valence-electron chi connectivity index (χ0n) is 14.9. The number of amides is 2. The highest BCUT2D eigenvalue weighted by molar-refractivity contribution is 5.98. The Hall–Kier alpha value is -3.19. The molecule has 0 aliphatic heterocycles. The lowest BCUT2D eigenvalue weighted by molar-refractivity contribution is -0.143. The van der Waals surface area contributed by atoms with Gasteiger partial charge in [0.1, 0.15) is 6.04 Å². The number of rotatable bonds is 9. The number of carboxylic acid groups (broad SMARTS) is 1. The first-order valence-corrected chi connectivity index (χ1v) is 8.43. The van der Waals surface area contributed by atoms with Gasteiger partial charge < -0.3 is 20.5 Å². The minimum Gasteiger partial charge on any atom is -0.480 e. The zero-order chi connectivity index (χ0) is 19.6. The van der Waals surface area contributed by atoms with Gasteiger partial charge in [-0.15, -0.1) is 0 Å². The average Bonchev–Trinajstić information content (AvgIpc) is 2.68. The molecule has 2 aromatic rings. The highest BCUT2D eigenvalue weighted by atomic mass is 16.5. The van der Waals surface area contributed by atoms with Gasteiger partial charge in [-0.25, -0.2) is 4.79 Å². The van der Waals surface area contributed by atoms with Crippen LogP contribution in [0.25, 0.3) is 0 Å². The van der Waals surface area contributed by atoms with E-state index in [2.05, 4.69) is 10.6 Å². The number of benzene rings is 2. The van der Waals surface area contributed by atoms with Crippen molar-refractivity contribution in [3.8, 4) is 0 Å². The number of aliphatic carboxylic acids is 1. The van der Waals surface area contributed by atoms with Gasteiger partial charge in [0.25, 0.3) is 5.91 Å². The van der Waals surface area contributed by atoms with Crippen molar-refractivity contribution in [3.63, 3.8) is 0 Å². The van der Waals surface area contributed by atoms with Crippen molar-refractivity contribution in [1.82, 2.24) is 10.6 Å². The summed E-state index contributed by atoms with van der Waals surface area (Å²) in [6.07, 6.45) is 0.227. The Morgan fingerprint density at radius 3 is 2.07 bits per heavy atom. The molecule has 7 nitrogen and oxygen atoms in total. The minimum atomic E-state index is -1.21. The van der Waals surface area contributed by atoms with E-state index in [0.717, 1.165) is 5.56 Å². The van der Waals surface area contributed by atoms with Crippen LogP contribution >= 0.6 is 0 Å². The van der Waals surface area contributed by atoms with Crippen molar-refractivity contribution in [3.05, 3.63) is 71.8 Å². The van der Waals surface area contributed by atoms with E-state index in [1.165, 1.54) is 7.11 Å². The zero-order valence-corrected chi connectivity index (χ0v) is 14.9. The third-order valence-corrected chi connectivity index (χ3v) is 3.89. The molecule has 2 atom stereocenters. The number of methoxy groups -OCH3 is 1. The number of ether oxygens (including phenoxy) is 1. The van der Waals surface area contributed by atoms with E-state index in [1.807, 2.05) is 30.3 Å². The van der Waals surface area contributed by atoms with Crippen molar-refractivity contribution in [2.45, 2.75) is 18.5 Å². The number of nitrogens with one attached hydrogen (secondary N) is 2. The predicted octanol–water partition coefficient (Wildman–Crippen LogP) is 1.24. The fourth-order valence-electron chi connectivity index (χ4n) is 2.50. The maximum absolute atomic E-state index is 12.7. The van der Waals surface area contributed by atoms with E-state index in [0.29, 0.717) is 5.56 Å². The molecule has 0 saturated carbocycles. The summed E-state index contributed by atoms with van der Waals surface area (Å²) in [5.74, 6) is -2.21. The summed E-state index contributed by atoms with van der Waals surface area (Å²) in [5.41, 5.74) is 1.25. The van der Waals surface area contributed by atoms with Crippen molar-refractivity contribution in [2.75, 3.05) is 13.7 Å². The number of carboxylic acids is 1. The average molecular weight is 370 g/mol. The monoisotopic (exact) mass is 370 g/mol. The van der Waals surface area contributed by atoms with Crippen LogP contribution in [-0.2, 0) is 20.7 Å². The first-order valence-electron chi connectivity index (χ1n) is 8.43. The van der Waals surface area contributed by atoms with Crippen LogP contribution < -0.4 is 10.6 Å². The van der Waals surface area contributed by atoms with Crippen LogP contribution in [0.4, 0.5) is 0 Å². The molecular weight excluding hydrogens is 348 g/mol. The summed E-state index contributed by atoms with van der Waals surface area (Å²) in [6, 6.07) is 15.5. The van der Waals surface area contributed by atoms with Gasteiger partial charge in [-0.05, 0) is 17.7 Å². The molecule has 0 saturated heterocycles. The first-order chi connectivity index (χ1) is 13.0. The summed E-state index contributed by atoms with van der Waals surface area (Å²) in [7, 11) is 1.35. The van der Waals surface area contributed by atoms with E-state index < -0.39 is 29.9 Å².